The fraction of sp³-hybridized carbons (Fsp3) is 0.364. The third-order valence-corrected chi connectivity index (χ3v) is 3.14. The van der Waals surface area contributed by atoms with E-state index in [4.69, 9.17) is 0 Å². The van der Waals surface area contributed by atoms with Crippen molar-refractivity contribution in [3.63, 3.8) is 0 Å². The van der Waals surface area contributed by atoms with Crippen LogP contribution < -0.4 is 5.32 Å². The quantitative estimate of drug-likeness (QED) is 0.530. The second-order valence-corrected chi connectivity index (χ2v) is 4.55. The third-order valence-electron chi connectivity index (χ3n) is 3.14. The summed E-state index contributed by atoms with van der Waals surface area (Å²) in [6.07, 6.45) is -5.60. The number of hydrogen-bond acceptors (Lipinski definition) is 3. The van der Waals surface area contributed by atoms with E-state index in [-0.39, 0.29) is 0 Å². The molecule has 1 aliphatic carbocycles. The summed E-state index contributed by atoms with van der Waals surface area (Å²) in [6, 6.07) is 0.932. The zero-order chi connectivity index (χ0) is 16.0. The van der Waals surface area contributed by atoms with Crippen LogP contribution in [0.5, 0.6) is 0 Å². The normalized spacial score (nSPS) is 16.4. The lowest BCUT2D eigenvalue weighted by molar-refractivity contribution is -0.387. The molecule has 1 saturated carbocycles. The van der Waals surface area contributed by atoms with Crippen molar-refractivity contribution in [1.82, 2.24) is 5.32 Å². The molecule has 114 valence electrons. The van der Waals surface area contributed by atoms with Gasteiger partial charge in [-0.15, -0.1) is 0 Å². The van der Waals surface area contributed by atoms with Crippen molar-refractivity contribution in [2.45, 2.75) is 24.6 Å². The molecule has 1 amide bonds. The fourth-order valence-corrected chi connectivity index (χ4v) is 1.77. The van der Waals surface area contributed by atoms with Crippen LogP contribution >= 0.6 is 0 Å². The molecule has 0 saturated heterocycles. The predicted octanol–water partition coefficient (Wildman–Crippen LogP) is 2.70. The van der Waals surface area contributed by atoms with Gasteiger partial charge in [-0.3, -0.25) is 14.9 Å². The number of halogens is 5. The lowest BCUT2D eigenvalue weighted by Crippen LogP contribution is -2.48. The number of nitrogens with one attached hydrogen (secondary N) is 1. The highest BCUT2D eigenvalue weighted by Crippen LogP contribution is 2.49. The second kappa shape index (κ2) is 4.64. The molecule has 1 N–H and O–H groups in total. The maximum absolute atomic E-state index is 13.7. The van der Waals surface area contributed by atoms with Crippen LogP contribution in [0, 0.1) is 21.7 Å². The summed E-state index contributed by atoms with van der Waals surface area (Å²) < 4.78 is 65.1. The minimum absolute atomic E-state index is 0.416. The monoisotopic (exact) mass is 310 g/mol. The molecule has 10 heteroatoms. The highest BCUT2D eigenvalue weighted by atomic mass is 19.4. The Hall–Kier alpha value is -2.26. The summed E-state index contributed by atoms with van der Waals surface area (Å²) in [5, 5.41) is 12.0. The first kappa shape index (κ1) is 15.1. The molecular formula is C11H7F5N2O3. The van der Waals surface area contributed by atoms with Crippen LogP contribution in [0.3, 0.4) is 0 Å². The lowest BCUT2D eigenvalue weighted by Gasteiger charge is -2.20. The zero-order valence-corrected chi connectivity index (χ0v) is 10.1. The average molecular weight is 310 g/mol. The summed E-state index contributed by atoms with van der Waals surface area (Å²) in [5.41, 5.74) is -5.12. The molecule has 1 aromatic carbocycles. The molecule has 0 aromatic heterocycles. The van der Waals surface area contributed by atoms with Gasteiger partial charge >= 0.3 is 11.9 Å². The van der Waals surface area contributed by atoms with Gasteiger partial charge in [0.1, 0.15) is 16.9 Å². The molecule has 21 heavy (non-hydrogen) atoms. The molecule has 0 aliphatic heterocycles. The molecule has 0 bridgehead atoms. The molecule has 0 spiro atoms. The molecule has 0 heterocycles. The Kier molecular flexibility index (Phi) is 3.34. The molecule has 1 fully saturated rings. The Morgan fingerprint density at radius 1 is 1.29 bits per heavy atom. The number of rotatable bonds is 3. The number of amides is 1. The van der Waals surface area contributed by atoms with E-state index in [0.29, 0.717) is 12.1 Å². The molecule has 0 unspecified atom stereocenters. The molecule has 1 aromatic rings. The van der Waals surface area contributed by atoms with E-state index >= 15 is 0 Å². The van der Waals surface area contributed by atoms with E-state index in [1.807, 2.05) is 0 Å². The van der Waals surface area contributed by atoms with Crippen LogP contribution in [0.15, 0.2) is 12.1 Å². The van der Waals surface area contributed by atoms with Crippen molar-refractivity contribution in [1.29, 1.82) is 0 Å². The Labute approximate surface area is 113 Å². The molecular weight excluding hydrogens is 303 g/mol. The minimum Gasteiger partial charge on any atom is -0.338 e. The maximum atomic E-state index is 13.7. The largest absolute Gasteiger partial charge is 0.411 e. The predicted molar refractivity (Wildman–Crippen MR) is 58.5 cm³/mol. The Balaban J connectivity index is 2.37. The van der Waals surface area contributed by atoms with Gasteiger partial charge in [0.2, 0.25) is 5.82 Å². The number of nitro groups is 1. The van der Waals surface area contributed by atoms with E-state index in [9.17, 15) is 36.9 Å². The van der Waals surface area contributed by atoms with Crippen LogP contribution in [0.2, 0.25) is 0 Å². The zero-order valence-electron chi connectivity index (χ0n) is 10.1. The van der Waals surface area contributed by atoms with Gasteiger partial charge in [-0.2, -0.15) is 17.6 Å². The first-order valence-corrected chi connectivity index (χ1v) is 5.61. The van der Waals surface area contributed by atoms with Crippen LogP contribution in [0.4, 0.5) is 27.6 Å². The van der Waals surface area contributed by atoms with Gasteiger partial charge in [-0.1, -0.05) is 0 Å². The standard InChI is InChI=1S/C11H7F5N2O3/c12-5-1-2-6(18(20)21)8(13)7(5)9(19)17-10(3-4-10)11(14,15)16/h1-2H,3-4H2,(H,17,19). The maximum Gasteiger partial charge on any atom is 0.411 e. The number of carbonyl (C=O) groups excluding carboxylic acids is 1. The highest BCUT2D eigenvalue weighted by Gasteiger charge is 2.64. The van der Waals surface area contributed by atoms with Gasteiger partial charge < -0.3 is 5.32 Å². The smallest absolute Gasteiger partial charge is 0.338 e. The first-order valence-electron chi connectivity index (χ1n) is 5.61. The SMILES string of the molecule is O=C(NC1(C(F)(F)F)CC1)c1c(F)ccc([N+](=O)[O-])c1F. The van der Waals surface area contributed by atoms with Crippen molar-refractivity contribution < 1.29 is 31.7 Å². The van der Waals surface area contributed by atoms with E-state index in [1.54, 1.807) is 0 Å². The lowest BCUT2D eigenvalue weighted by atomic mass is 10.1. The van der Waals surface area contributed by atoms with Crippen molar-refractivity contribution in [2.24, 2.45) is 0 Å². The summed E-state index contributed by atoms with van der Waals surface area (Å²) in [5.74, 6) is -4.97. The summed E-state index contributed by atoms with van der Waals surface area (Å²) in [6.45, 7) is 0. The van der Waals surface area contributed by atoms with Gasteiger partial charge in [-0.05, 0) is 18.9 Å². The van der Waals surface area contributed by atoms with Crippen LogP contribution in [0.25, 0.3) is 0 Å². The highest BCUT2D eigenvalue weighted by molar-refractivity contribution is 5.96. The van der Waals surface area contributed by atoms with E-state index in [1.165, 1.54) is 5.32 Å². The van der Waals surface area contributed by atoms with Gasteiger partial charge in [0, 0.05) is 6.07 Å². The van der Waals surface area contributed by atoms with Gasteiger partial charge in [0.15, 0.2) is 0 Å². The summed E-state index contributed by atoms with van der Waals surface area (Å²) >= 11 is 0. The van der Waals surface area contributed by atoms with E-state index in [0.717, 1.165) is 0 Å². The van der Waals surface area contributed by atoms with Crippen molar-refractivity contribution in [2.75, 3.05) is 0 Å². The van der Waals surface area contributed by atoms with Crippen LogP contribution in [0.1, 0.15) is 23.2 Å². The van der Waals surface area contributed by atoms with Crippen molar-refractivity contribution >= 4 is 11.6 Å². The van der Waals surface area contributed by atoms with Crippen molar-refractivity contribution in [3.05, 3.63) is 39.4 Å². The number of benzene rings is 1. The van der Waals surface area contributed by atoms with E-state index < -0.39 is 58.3 Å². The number of carbonyl (C=O) groups is 1. The first-order chi connectivity index (χ1) is 9.59. The molecule has 0 radical (unpaired) electrons. The van der Waals surface area contributed by atoms with Crippen molar-refractivity contribution in [3.8, 4) is 0 Å². The molecule has 2 rings (SSSR count). The molecule has 5 nitrogen and oxygen atoms in total. The summed E-state index contributed by atoms with van der Waals surface area (Å²) in [7, 11) is 0. The topological polar surface area (TPSA) is 72.2 Å². The fourth-order valence-electron chi connectivity index (χ4n) is 1.77. The molecule has 1 aliphatic rings. The van der Waals surface area contributed by atoms with Crippen LogP contribution in [-0.2, 0) is 0 Å². The van der Waals surface area contributed by atoms with Gasteiger partial charge in [-0.25, -0.2) is 4.39 Å². The second-order valence-electron chi connectivity index (χ2n) is 4.55. The Morgan fingerprint density at radius 3 is 2.29 bits per heavy atom. The number of alkyl halides is 3. The Morgan fingerprint density at radius 2 is 1.86 bits per heavy atom. The number of nitro benzene ring substituents is 1. The molecule has 0 atom stereocenters. The van der Waals surface area contributed by atoms with E-state index in [2.05, 4.69) is 0 Å². The summed E-state index contributed by atoms with van der Waals surface area (Å²) in [4.78, 5) is 20.9. The minimum atomic E-state index is -4.77. The number of nitrogens with zero attached hydrogens (tertiary/aromatic N) is 1. The average Bonchev–Trinajstić information content (AvgIpc) is 3.08. The Bertz CT molecular complexity index is 625. The van der Waals surface area contributed by atoms with Gasteiger partial charge in [0.25, 0.3) is 5.91 Å². The van der Waals surface area contributed by atoms with Crippen LogP contribution in [-0.4, -0.2) is 22.5 Å². The number of hydrogen-bond donors (Lipinski definition) is 1. The van der Waals surface area contributed by atoms with Gasteiger partial charge in [0.05, 0.1) is 4.92 Å². The third kappa shape index (κ3) is 2.52.